The molecule has 3 heterocycles. The van der Waals surface area contributed by atoms with Crippen molar-refractivity contribution in [3.63, 3.8) is 0 Å². The van der Waals surface area contributed by atoms with Crippen LogP contribution >= 0.6 is 0 Å². The van der Waals surface area contributed by atoms with Gasteiger partial charge in [-0.2, -0.15) is 0 Å². The Bertz CT molecular complexity index is 987. The van der Waals surface area contributed by atoms with Gasteiger partial charge < -0.3 is 19.5 Å². The zero-order chi connectivity index (χ0) is 17.4. The first-order valence-electron chi connectivity index (χ1n) is 7.78. The number of hydrogen-bond acceptors (Lipinski definition) is 7. The molecule has 1 aliphatic heterocycles. The number of carbonyl (C=O) groups excluding carboxylic acids is 1. The Morgan fingerprint density at radius 2 is 2.16 bits per heavy atom. The standard InChI is InChI=1S/C18H15N3O4/c1-3-24-18(22)11-8-20-12-6-10(23-2)7-15-16(12)17(11)21-13-9-19-5-4-14(13)25-15/h4-9,21H,3H2,1-2H3. The largest absolute Gasteiger partial charge is 0.497 e. The number of fused-ring (bicyclic) bond motifs is 1. The van der Waals surface area contributed by atoms with E-state index in [1.807, 2.05) is 0 Å². The van der Waals surface area contributed by atoms with Gasteiger partial charge in [0.05, 0.1) is 36.5 Å². The fraction of sp³-hybridized carbons (Fsp3) is 0.167. The van der Waals surface area contributed by atoms with Gasteiger partial charge in [0.15, 0.2) is 5.75 Å². The molecule has 0 spiro atoms. The van der Waals surface area contributed by atoms with Gasteiger partial charge in [-0.05, 0) is 6.92 Å². The van der Waals surface area contributed by atoms with Gasteiger partial charge in [0.2, 0.25) is 0 Å². The first kappa shape index (κ1) is 15.2. The third-order valence-corrected chi connectivity index (χ3v) is 3.90. The van der Waals surface area contributed by atoms with Gasteiger partial charge in [0.25, 0.3) is 0 Å². The van der Waals surface area contributed by atoms with Crippen LogP contribution in [0.5, 0.6) is 17.2 Å². The van der Waals surface area contributed by atoms with Crippen molar-refractivity contribution in [2.45, 2.75) is 6.92 Å². The molecule has 1 N–H and O–H groups in total. The molecular weight excluding hydrogens is 322 g/mol. The predicted octanol–water partition coefficient (Wildman–Crippen LogP) is 3.66. The molecule has 2 aromatic heterocycles. The Morgan fingerprint density at radius 1 is 1.28 bits per heavy atom. The van der Waals surface area contributed by atoms with E-state index in [0.29, 0.717) is 45.1 Å². The van der Waals surface area contributed by atoms with Crippen LogP contribution in [0.2, 0.25) is 0 Å². The maximum absolute atomic E-state index is 12.4. The highest BCUT2D eigenvalue weighted by Crippen LogP contribution is 2.45. The van der Waals surface area contributed by atoms with Gasteiger partial charge >= 0.3 is 5.97 Å². The minimum Gasteiger partial charge on any atom is -0.497 e. The number of esters is 1. The fourth-order valence-electron chi connectivity index (χ4n) is 2.77. The van der Waals surface area contributed by atoms with E-state index in [-0.39, 0.29) is 6.61 Å². The molecule has 4 rings (SSSR count). The van der Waals surface area contributed by atoms with E-state index < -0.39 is 5.97 Å². The lowest BCUT2D eigenvalue weighted by molar-refractivity contribution is 0.0527. The van der Waals surface area contributed by atoms with Gasteiger partial charge in [0.1, 0.15) is 22.7 Å². The van der Waals surface area contributed by atoms with Crippen molar-refractivity contribution in [1.29, 1.82) is 0 Å². The Kier molecular flexibility index (Phi) is 3.61. The minimum absolute atomic E-state index is 0.278. The van der Waals surface area contributed by atoms with E-state index in [4.69, 9.17) is 14.2 Å². The summed E-state index contributed by atoms with van der Waals surface area (Å²) in [6.45, 7) is 2.04. The molecule has 1 aromatic carbocycles. The zero-order valence-corrected chi connectivity index (χ0v) is 13.7. The fourth-order valence-corrected chi connectivity index (χ4v) is 2.77. The van der Waals surface area contributed by atoms with Crippen molar-refractivity contribution in [2.75, 3.05) is 19.0 Å². The van der Waals surface area contributed by atoms with E-state index in [2.05, 4.69) is 15.3 Å². The van der Waals surface area contributed by atoms with Gasteiger partial charge in [-0.25, -0.2) is 4.79 Å². The third-order valence-electron chi connectivity index (χ3n) is 3.90. The van der Waals surface area contributed by atoms with Crippen molar-refractivity contribution in [2.24, 2.45) is 0 Å². The van der Waals surface area contributed by atoms with Crippen molar-refractivity contribution in [3.05, 3.63) is 42.4 Å². The van der Waals surface area contributed by atoms with Crippen LogP contribution in [0.15, 0.2) is 36.8 Å². The Balaban J connectivity index is 2.02. The quantitative estimate of drug-likeness (QED) is 0.571. The molecule has 0 atom stereocenters. The SMILES string of the molecule is CCOC(=O)c1cnc2cc(OC)cc3c2c1Nc1cnccc1O3. The summed E-state index contributed by atoms with van der Waals surface area (Å²) >= 11 is 0. The van der Waals surface area contributed by atoms with E-state index in [1.165, 1.54) is 6.20 Å². The summed E-state index contributed by atoms with van der Waals surface area (Å²) in [5.41, 5.74) is 2.20. The molecule has 0 aliphatic carbocycles. The van der Waals surface area contributed by atoms with Crippen LogP contribution in [0.3, 0.4) is 0 Å². The molecule has 0 amide bonds. The predicted molar refractivity (Wildman–Crippen MR) is 91.8 cm³/mol. The maximum atomic E-state index is 12.4. The average Bonchev–Trinajstić information content (AvgIpc) is 2.79. The summed E-state index contributed by atoms with van der Waals surface area (Å²) in [6.07, 6.45) is 4.77. The number of nitrogens with zero attached hydrogens (tertiary/aromatic N) is 2. The van der Waals surface area contributed by atoms with Crippen LogP contribution in [-0.4, -0.2) is 29.7 Å². The Morgan fingerprint density at radius 3 is 2.96 bits per heavy atom. The molecular formula is C18H15N3O4. The summed E-state index contributed by atoms with van der Waals surface area (Å²) in [5, 5.41) is 3.93. The molecule has 0 saturated carbocycles. The van der Waals surface area contributed by atoms with Crippen molar-refractivity contribution in [1.82, 2.24) is 9.97 Å². The van der Waals surface area contributed by atoms with E-state index >= 15 is 0 Å². The number of aromatic nitrogens is 2. The van der Waals surface area contributed by atoms with E-state index in [9.17, 15) is 4.79 Å². The number of methoxy groups -OCH3 is 1. The number of anilines is 2. The summed E-state index contributed by atoms with van der Waals surface area (Å²) in [5.74, 6) is 1.30. The van der Waals surface area contributed by atoms with Gasteiger partial charge in [0, 0.05) is 30.6 Å². The number of ether oxygens (including phenoxy) is 3. The molecule has 7 heteroatoms. The van der Waals surface area contributed by atoms with Crippen molar-refractivity contribution >= 4 is 28.2 Å². The summed E-state index contributed by atoms with van der Waals surface area (Å²) in [6, 6.07) is 5.30. The topological polar surface area (TPSA) is 82.6 Å². The van der Waals surface area contributed by atoms with Gasteiger partial charge in [-0.3, -0.25) is 9.97 Å². The van der Waals surface area contributed by atoms with E-state index in [1.54, 1.807) is 44.6 Å². The normalized spacial score (nSPS) is 11.8. The number of pyridine rings is 2. The summed E-state index contributed by atoms with van der Waals surface area (Å²) < 4.78 is 16.5. The molecule has 0 saturated heterocycles. The number of carbonyl (C=O) groups is 1. The summed E-state index contributed by atoms with van der Waals surface area (Å²) in [7, 11) is 1.58. The second-order valence-corrected chi connectivity index (χ2v) is 5.39. The lowest BCUT2D eigenvalue weighted by Crippen LogP contribution is -2.09. The maximum Gasteiger partial charge on any atom is 0.341 e. The zero-order valence-electron chi connectivity index (χ0n) is 13.7. The molecule has 0 radical (unpaired) electrons. The smallest absolute Gasteiger partial charge is 0.341 e. The molecule has 0 bridgehead atoms. The van der Waals surface area contributed by atoms with Crippen LogP contribution in [0.4, 0.5) is 11.4 Å². The number of rotatable bonds is 3. The molecule has 0 fully saturated rings. The molecule has 25 heavy (non-hydrogen) atoms. The van der Waals surface area contributed by atoms with Crippen LogP contribution < -0.4 is 14.8 Å². The van der Waals surface area contributed by atoms with Crippen molar-refractivity contribution < 1.29 is 19.0 Å². The second kappa shape index (κ2) is 5.94. The lowest BCUT2D eigenvalue weighted by Gasteiger charge is -2.13. The van der Waals surface area contributed by atoms with E-state index in [0.717, 1.165) is 0 Å². The Labute approximate surface area is 143 Å². The average molecular weight is 337 g/mol. The molecule has 7 nitrogen and oxygen atoms in total. The number of benzene rings is 1. The lowest BCUT2D eigenvalue weighted by atomic mass is 10.1. The van der Waals surface area contributed by atoms with Crippen LogP contribution in [0.25, 0.3) is 10.9 Å². The summed E-state index contributed by atoms with van der Waals surface area (Å²) in [4.78, 5) is 20.9. The molecule has 1 aliphatic rings. The highest BCUT2D eigenvalue weighted by atomic mass is 16.5. The number of hydrogen-bond donors (Lipinski definition) is 1. The monoisotopic (exact) mass is 337 g/mol. The number of nitrogens with one attached hydrogen (secondary N) is 1. The third kappa shape index (κ3) is 2.50. The molecule has 0 unspecified atom stereocenters. The van der Waals surface area contributed by atoms with Crippen molar-refractivity contribution in [3.8, 4) is 17.2 Å². The highest BCUT2D eigenvalue weighted by molar-refractivity contribution is 6.09. The van der Waals surface area contributed by atoms with Crippen LogP contribution in [0.1, 0.15) is 17.3 Å². The molecule has 3 aromatic rings. The van der Waals surface area contributed by atoms with Crippen LogP contribution in [0, 0.1) is 0 Å². The minimum atomic E-state index is -0.450. The Hall–Kier alpha value is -3.35. The molecule has 126 valence electrons. The first-order chi connectivity index (χ1) is 12.2. The van der Waals surface area contributed by atoms with Gasteiger partial charge in [-0.1, -0.05) is 0 Å². The van der Waals surface area contributed by atoms with Gasteiger partial charge in [-0.15, -0.1) is 0 Å². The highest BCUT2D eigenvalue weighted by Gasteiger charge is 2.24. The van der Waals surface area contributed by atoms with Crippen LogP contribution in [-0.2, 0) is 4.74 Å². The first-order valence-corrected chi connectivity index (χ1v) is 7.78. The second-order valence-electron chi connectivity index (χ2n) is 5.39.